The third-order valence-corrected chi connectivity index (χ3v) is 6.84. The van der Waals surface area contributed by atoms with Gasteiger partial charge in [-0.3, -0.25) is 4.79 Å². The lowest BCUT2D eigenvalue weighted by Gasteiger charge is -2.18. The van der Waals surface area contributed by atoms with Gasteiger partial charge in [0.1, 0.15) is 23.8 Å². The molecule has 3 N–H and O–H groups in total. The highest BCUT2D eigenvalue weighted by molar-refractivity contribution is 6.05. The predicted molar refractivity (Wildman–Crippen MR) is 129 cm³/mol. The Balaban J connectivity index is 1.20. The first-order valence-electron chi connectivity index (χ1n) is 11.3. The summed E-state index contributed by atoms with van der Waals surface area (Å²) in [5.41, 5.74) is 12.2. The van der Waals surface area contributed by atoms with Crippen LogP contribution < -0.4 is 11.1 Å². The summed E-state index contributed by atoms with van der Waals surface area (Å²) in [7, 11) is 0. The van der Waals surface area contributed by atoms with Crippen LogP contribution in [0.3, 0.4) is 0 Å². The van der Waals surface area contributed by atoms with Crippen molar-refractivity contribution in [3.05, 3.63) is 112 Å². The SMILES string of the molecule is Nc1noc2ccc(NC(=O)c3ccc4c(c3)[C@@H]3O[C@H]4c4ccc(-c5ccc(F)cc5F)cc43)cc12. The van der Waals surface area contributed by atoms with Gasteiger partial charge in [0, 0.05) is 22.9 Å². The van der Waals surface area contributed by atoms with Gasteiger partial charge in [0.05, 0.1) is 5.39 Å². The van der Waals surface area contributed by atoms with E-state index in [4.69, 9.17) is 15.0 Å². The number of benzene rings is 4. The summed E-state index contributed by atoms with van der Waals surface area (Å²) in [6.07, 6.45) is -0.618. The summed E-state index contributed by atoms with van der Waals surface area (Å²) < 4.78 is 39.1. The molecule has 3 heterocycles. The zero-order valence-corrected chi connectivity index (χ0v) is 18.6. The van der Waals surface area contributed by atoms with Gasteiger partial charge in [-0.25, -0.2) is 8.78 Å². The van der Waals surface area contributed by atoms with E-state index in [1.165, 1.54) is 12.1 Å². The van der Waals surface area contributed by atoms with E-state index in [0.717, 1.165) is 28.3 Å². The van der Waals surface area contributed by atoms with Crippen molar-refractivity contribution in [3.8, 4) is 11.1 Å². The number of fused-ring (bicyclic) bond motifs is 9. The Labute approximate surface area is 203 Å². The molecule has 176 valence electrons. The third kappa shape index (κ3) is 3.04. The van der Waals surface area contributed by atoms with Crippen LogP contribution in [0.1, 0.15) is 44.8 Å². The van der Waals surface area contributed by atoms with Crippen LogP contribution >= 0.6 is 0 Å². The summed E-state index contributed by atoms with van der Waals surface area (Å²) in [5.74, 6) is -1.27. The molecule has 0 saturated heterocycles. The second-order valence-corrected chi connectivity index (χ2v) is 8.94. The number of nitrogens with zero attached hydrogens (tertiary/aromatic N) is 1. The van der Waals surface area contributed by atoms with Gasteiger partial charge < -0.3 is 20.3 Å². The topological polar surface area (TPSA) is 90.4 Å². The number of hydrogen-bond donors (Lipinski definition) is 2. The van der Waals surface area contributed by atoms with Crippen molar-refractivity contribution >= 4 is 28.4 Å². The van der Waals surface area contributed by atoms with E-state index in [0.29, 0.717) is 33.3 Å². The van der Waals surface area contributed by atoms with Crippen molar-refractivity contribution in [3.63, 3.8) is 0 Å². The van der Waals surface area contributed by atoms with Crippen molar-refractivity contribution in [1.29, 1.82) is 0 Å². The molecule has 4 aromatic carbocycles. The summed E-state index contributed by atoms with van der Waals surface area (Å²) >= 11 is 0. The van der Waals surface area contributed by atoms with Crippen molar-refractivity contribution < 1.29 is 22.8 Å². The number of amides is 1. The number of hydrogen-bond acceptors (Lipinski definition) is 5. The van der Waals surface area contributed by atoms with Crippen molar-refractivity contribution in [1.82, 2.24) is 5.16 Å². The molecule has 0 unspecified atom stereocenters. The molecule has 7 rings (SSSR count). The zero-order chi connectivity index (χ0) is 24.6. The van der Waals surface area contributed by atoms with Gasteiger partial charge in [-0.05, 0) is 76.3 Å². The molecular weight excluding hydrogens is 464 g/mol. The summed E-state index contributed by atoms with van der Waals surface area (Å²) in [6, 6.07) is 19.8. The molecule has 1 amide bonds. The normalized spacial score (nSPS) is 17.3. The van der Waals surface area contributed by atoms with Crippen LogP contribution in [-0.4, -0.2) is 11.1 Å². The van der Waals surface area contributed by atoms with E-state index in [1.54, 1.807) is 24.3 Å². The number of aromatic nitrogens is 1. The van der Waals surface area contributed by atoms with Gasteiger partial charge in [-0.15, -0.1) is 0 Å². The molecule has 0 saturated carbocycles. The lowest BCUT2D eigenvalue weighted by Crippen LogP contribution is -2.13. The highest BCUT2D eigenvalue weighted by Crippen LogP contribution is 2.55. The van der Waals surface area contributed by atoms with Crippen LogP contribution in [0.5, 0.6) is 0 Å². The number of nitrogens with two attached hydrogens (primary N) is 1. The second kappa shape index (κ2) is 7.47. The van der Waals surface area contributed by atoms with Gasteiger partial charge in [-0.1, -0.05) is 23.4 Å². The summed E-state index contributed by atoms with van der Waals surface area (Å²) in [4.78, 5) is 13.0. The fraction of sp³-hybridized carbons (Fsp3) is 0.0714. The molecule has 2 aliphatic rings. The highest BCUT2D eigenvalue weighted by atomic mass is 19.1. The van der Waals surface area contributed by atoms with Gasteiger partial charge in [-0.2, -0.15) is 0 Å². The van der Waals surface area contributed by atoms with E-state index < -0.39 is 11.6 Å². The number of carbonyl (C=O) groups excluding carboxylic acids is 1. The Morgan fingerprint density at radius 2 is 1.64 bits per heavy atom. The van der Waals surface area contributed by atoms with Crippen LogP contribution in [0.15, 0.2) is 77.3 Å². The van der Waals surface area contributed by atoms with E-state index in [2.05, 4.69) is 10.5 Å². The molecule has 0 aliphatic carbocycles. The summed E-state index contributed by atoms with van der Waals surface area (Å²) in [5, 5.41) is 7.24. The zero-order valence-electron chi connectivity index (χ0n) is 18.6. The minimum atomic E-state index is -0.621. The first-order chi connectivity index (χ1) is 17.5. The van der Waals surface area contributed by atoms with Crippen LogP contribution in [-0.2, 0) is 4.74 Å². The minimum Gasteiger partial charge on any atom is -0.380 e. The summed E-state index contributed by atoms with van der Waals surface area (Å²) in [6.45, 7) is 0. The fourth-order valence-corrected chi connectivity index (χ4v) is 5.12. The number of anilines is 2. The molecule has 2 bridgehead atoms. The first kappa shape index (κ1) is 20.8. The van der Waals surface area contributed by atoms with Crippen LogP contribution in [0.25, 0.3) is 22.1 Å². The predicted octanol–water partition coefficient (Wildman–Crippen LogP) is 6.13. The quantitative estimate of drug-likeness (QED) is 0.324. The molecule has 8 heteroatoms. The first-order valence-corrected chi connectivity index (χ1v) is 11.3. The largest absolute Gasteiger partial charge is 0.380 e. The molecule has 2 atom stereocenters. The molecule has 2 aliphatic heterocycles. The van der Waals surface area contributed by atoms with Crippen LogP contribution in [0.2, 0.25) is 0 Å². The average molecular weight is 481 g/mol. The minimum absolute atomic E-state index is 0.247. The lowest BCUT2D eigenvalue weighted by atomic mass is 9.83. The van der Waals surface area contributed by atoms with E-state index in [9.17, 15) is 13.6 Å². The number of rotatable bonds is 3. The lowest BCUT2D eigenvalue weighted by molar-refractivity contribution is 0.0857. The van der Waals surface area contributed by atoms with Gasteiger partial charge >= 0.3 is 0 Å². The Hall–Kier alpha value is -4.56. The third-order valence-electron chi connectivity index (χ3n) is 6.84. The maximum Gasteiger partial charge on any atom is 0.255 e. The standard InChI is InChI=1S/C28H17F2N3O3/c29-15-3-7-17(23(30)11-15)13-1-5-18-20(9-13)26-21-10-14(2-6-19(21)25(18)35-26)28(34)32-16-4-8-24-22(12-16)27(31)33-36-24/h1-12,25-26H,(H2,31,33)(H,32,34)/t25-,26+/m0/s1. The number of nitrogens with one attached hydrogen (secondary N) is 1. The van der Waals surface area contributed by atoms with E-state index in [1.807, 2.05) is 30.3 Å². The monoisotopic (exact) mass is 481 g/mol. The molecule has 6 nitrogen and oxygen atoms in total. The maximum atomic E-state index is 14.4. The van der Waals surface area contributed by atoms with Crippen LogP contribution in [0.4, 0.5) is 20.3 Å². The molecule has 1 aromatic heterocycles. The second-order valence-electron chi connectivity index (χ2n) is 8.94. The Morgan fingerprint density at radius 3 is 2.47 bits per heavy atom. The van der Waals surface area contributed by atoms with Crippen molar-refractivity contribution in [2.75, 3.05) is 11.1 Å². The van der Waals surface area contributed by atoms with Gasteiger partial charge in [0.15, 0.2) is 11.4 Å². The van der Waals surface area contributed by atoms with Gasteiger partial charge in [0.25, 0.3) is 5.91 Å². The van der Waals surface area contributed by atoms with Crippen molar-refractivity contribution in [2.45, 2.75) is 12.2 Å². The average Bonchev–Trinajstić information content (AvgIpc) is 3.56. The number of halogens is 2. The molecule has 36 heavy (non-hydrogen) atoms. The molecule has 0 spiro atoms. The van der Waals surface area contributed by atoms with Crippen LogP contribution in [0, 0.1) is 11.6 Å². The molecule has 0 radical (unpaired) electrons. The van der Waals surface area contributed by atoms with E-state index >= 15 is 0 Å². The molecule has 5 aromatic rings. The number of ether oxygens (including phenoxy) is 1. The Morgan fingerprint density at radius 1 is 0.861 bits per heavy atom. The molecule has 0 fully saturated rings. The Kier molecular flexibility index (Phi) is 4.31. The fourth-order valence-electron chi connectivity index (χ4n) is 5.12. The Bertz CT molecular complexity index is 1730. The molecular formula is C28H17F2N3O3. The van der Waals surface area contributed by atoms with Gasteiger partial charge in [0.2, 0.25) is 0 Å². The number of carbonyl (C=O) groups is 1. The highest BCUT2D eigenvalue weighted by Gasteiger charge is 2.43. The maximum absolute atomic E-state index is 14.4. The van der Waals surface area contributed by atoms with Crippen molar-refractivity contribution in [2.24, 2.45) is 0 Å². The van der Waals surface area contributed by atoms with E-state index in [-0.39, 0.29) is 23.9 Å². The smallest absolute Gasteiger partial charge is 0.255 e. The number of nitrogen functional groups attached to an aromatic ring is 1.